The number of hydrogen-bond donors (Lipinski definition) is 0. The number of fused-ring (bicyclic) bond motifs is 2. The fourth-order valence-electron chi connectivity index (χ4n) is 3.38. The van der Waals surface area contributed by atoms with Crippen LogP contribution in [0.15, 0.2) is 22.9 Å². The summed E-state index contributed by atoms with van der Waals surface area (Å²) in [5.41, 5.74) is 2.05. The van der Waals surface area contributed by atoms with Crippen molar-refractivity contribution in [2.45, 2.75) is 38.9 Å². The monoisotopic (exact) mass is 285 g/mol. The summed E-state index contributed by atoms with van der Waals surface area (Å²) in [6.07, 6.45) is 3.10. The van der Waals surface area contributed by atoms with Gasteiger partial charge in [-0.2, -0.15) is 0 Å². The van der Waals surface area contributed by atoms with Crippen LogP contribution in [0, 0.1) is 13.8 Å². The third-order valence-electron chi connectivity index (χ3n) is 4.43. The average molecular weight is 285 g/mol. The largest absolute Gasteiger partial charge is 0.361 e. The average Bonchev–Trinajstić information content (AvgIpc) is 2.90. The smallest absolute Gasteiger partial charge is 0.225 e. The summed E-state index contributed by atoms with van der Waals surface area (Å²) in [7, 11) is 0. The van der Waals surface area contributed by atoms with E-state index in [1.807, 2.05) is 32.2 Å². The fraction of sp³-hybridized carbons (Fsp3) is 0.533. The number of anilines is 1. The van der Waals surface area contributed by atoms with Crippen LogP contribution in [0.5, 0.6) is 0 Å². The number of hydrogen-bond acceptors (Lipinski definition) is 6. The molecule has 110 valence electrons. The molecule has 0 N–H and O–H groups in total. The highest BCUT2D eigenvalue weighted by Gasteiger charge is 2.45. The van der Waals surface area contributed by atoms with E-state index < -0.39 is 0 Å². The minimum Gasteiger partial charge on any atom is -0.361 e. The Morgan fingerprint density at radius 3 is 2.76 bits per heavy atom. The lowest BCUT2D eigenvalue weighted by molar-refractivity contribution is -0.0106. The lowest BCUT2D eigenvalue weighted by atomic mass is 9.87. The third-order valence-corrected chi connectivity index (χ3v) is 4.43. The van der Waals surface area contributed by atoms with Crippen LogP contribution in [0.1, 0.15) is 23.6 Å². The van der Waals surface area contributed by atoms with Crippen molar-refractivity contribution >= 4 is 5.95 Å². The maximum Gasteiger partial charge on any atom is 0.225 e. The van der Waals surface area contributed by atoms with Crippen LogP contribution in [0.3, 0.4) is 0 Å². The van der Waals surface area contributed by atoms with Crippen molar-refractivity contribution in [1.82, 2.24) is 20.0 Å². The molecule has 0 radical (unpaired) electrons. The first kappa shape index (κ1) is 12.8. The quantitative estimate of drug-likeness (QED) is 0.852. The first-order chi connectivity index (χ1) is 10.2. The molecule has 0 amide bonds. The number of aromatic nitrogens is 3. The number of nitrogens with zero attached hydrogens (tertiary/aromatic N) is 5. The number of rotatable bonds is 3. The summed E-state index contributed by atoms with van der Waals surface area (Å²) < 4.78 is 5.15. The van der Waals surface area contributed by atoms with E-state index in [0.29, 0.717) is 12.1 Å². The van der Waals surface area contributed by atoms with Crippen LogP contribution in [0.4, 0.5) is 5.95 Å². The van der Waals surface area contributed by atoms with Crippen molar-refractivity contribution in [2.75, 3.05) is 18.0 Å². The summed E-state index contributed by atoms with van der Waals surface area (Å²) in [5.74, 6) is 1.74. The highest BCUT2D eigenvalue weighted by molar-refractivity contribution is 5.34. The van der Waals surface area contributed by atoms with E-state index >= 15 is 0 Å². The lowest BCUT2D eigenvalue weighted by Crippen LogP contribution is -2.68. The predicted molar refractivity (Wildman–Crippen MR) is 78.0 cm³/mol. The van der Waals surface area contributed by atoms with Gasteiger partial charge in [-0.15, -0.1) is 0 Å². The van der Waals surface area contributed by atoms with Crippen LogP contribution in [0.25, 0.3) is 0 Å². The molecule has 2 atom stereocenters. The van der Waals surface area contributed by atoms with E-state index in [2.05, 4.69) is 24.9 Å². The highest BCUT2D eigenvalue weighted by Crippen LogP contribution is 2.34. The van der Waals surface area contributed by atoms with Crippen molar-refractivity contribution < 1.29 is 4.52 Å². The van der Waals surface area contributed by atoms with Crippen LogP contribution in [0.2, 0.25) is 0 Å². The maximum atomic E-state index is 5.15. The van der Waals surface area contributed by atoms with Crippen molar-refractivity contribution in [2.24, 2.45) is 0 Å². The van der Waals surface area contributed by atoms with Crippen molar-refractivity contribution in [3.05, 3.63) is 35.5 Å². The molecular weight excluding hydrogens is 266 g/mol. The second kappa shape index (κ2) is 4.80. The van der Waals surface area contributed by atoms with Gasteiger partial charge in [-0.25, -0.2) is 9.97 Å². The van der Waals surface area contributed by atoms with Gasteiger partial charge in [0, 0.05) is 49.7 Å². The molecule has 0 aliphatic carbocycles. The van der Waals surface area contributed by atoms with Crippen LogP contribution < -0.4 is 4.90 Å². The first-order valence-electron chi connectivity index (χ1n) is 7.41. The van der Waals surface area contributed by atoms with Gasteiger partial charge in [0.25, 0.3) is 0 Å². The topological polar surface area (TPSA) is 58.3 Å². The second-order valence-electron chi connectivity index (χ2n) is 6.05. The first-order valence-corrected chi connectivity index (χ1v) is 7.41. The molecule has 21 heavy (non-hydrogen) atoms. The molecule has 6 nitrogen and oxygen atoms in total. The second-order valence-corrected chi connectivity index (χ2v) is 6.05. The molecular formula is C15H19N5O. The van der Waals surface area contributed by atoms with Gasteiger partial charge in [0.2, 0.25) is 5.95 Å². The molecule has 6 heteroatoms. The SMILES string of the molecule is Cc1ccnc(N2CC3CC(C2)N3Cc2cc(C)on2)n1. The van der Waals surface area contributed by atoms with Gasteiger partial charge in [0.1, 0.15) is 5.76 Å². The van der Waals surface area contributed by atoms with Gasteiger partial charge < -0.3 is 9.42 Å². The summed E-state index contributed by atoms with van der Waals surface area (Å²) in [6.45, 7) is 6.82. The standard InChI is InChI=1S/C15H19N5O/c1-10-3-4-16-15(17-10)19-8-13-6-14(9-19)20(13)7-12-5-11(2)21-18-12/h3-5,13-14H,6-9H2,1-2H3. The molecule has 3 saturated heterocycles. The van der Waals surface area contributed by atoms with Gasteiger partial charge in [0.15, 0.2) is 0 Å². The van der Waals surface area contributed by atoms with Crippen molar-refractivity contribution in [1.29, 1.82) is 0 Å². The van der Waals surface area contributed by atoms with Crippen LogP contribution >= 0.6 is 0 Å². The summed E-state index contributed by atoms with van der Waals surface area (Å²) in [6, 6.07) is 5.11. The number of piperidine rings is 1. The van der Waals surface area contributed by atoms with E-state index in [4.69, 9.17) is 4.52 Å². The summed E-state index contributed by atoms with van der Waals surface area (Å²) in [5, 5.41) is 4.10. The van der Waals surface area contributed by atoms with E-state index in [9.17, 15) is 0 Å². The molecule has 3 fully saturated rings. The molecule has 5 rings (SSSR count). The molecule has 0 spiro atoms. The molecule has 2 bridgehead atoms. The van der Waals surface area contributed by atoms with Gasteiger partial charge in [-0.1, -0.05) is 5.16 Å². The Bertz CT molecular complexity index is 643. The molecule has 5 heterocycles. The summed E-state index contributed by atoms with van der Waals surface area (Å²) >= 11 is 0. The van der Waals surface area contributed by atoms with Crippen molar-refractivity contribution in [3.63, 3.8) is 0 Å². The lowest BCUT2D eigenvalue weighted by Gasteiger charge is -2.56. The molecule has 2 aromatic rings. The van der Waals surface area contributed by atoms with E-state index in [-0.39, 0.29) is 0 Å². The molecule has 2 aromatic heterocycles. The van der Waals surface area contributed by atoms with E-state index in [1.165, 1.54) is 6.42 Å². The van der Waals surface area contributed by atoms with Gasteiger partial charge in [0.05, 0.1) is 5.69 Å². The van der Waals surface area contributed by atoms with Crippen LogP contribution in [-0.4, -0.2) is 45.2 Å². The van der Waals surface area contributed by atoms with Crippen molar-refractivity contribution in [3.8, 4) is 0 Å². The molecule has 0 saturated carbocycles. The van der Waals surface area contributed by atoms with E-state index in [1.54, 1.807) is 0 Å². The Labute approximate surface area is 123 Å². The Morgan fingerprint density at radius 1 is 1.29 bits per heavy atom. The minimum absolute atomic E-state index is 0.574. The number of aryl methyl sites for hydroxylation is 2. The Morgan fingerprint density at radius 2 is 2.10 bits per heavy atom. The van der Waals surface area contributed by atoms with Gasteiger partial charge in [-0.3, -0.25) is 4.90 Å². The zero-order valence-corrected chi connectivity index (χ0v) is 12.4. The minimum atomic E-state index is 0.574. The molecule has 3 aliphatic heterocycles. The predicted octanol–water partition coefficient (Wildman–Crippen LogP) is 1.54. The maximum absolute atomic E-state index is 5.15. The Hall–Kier alpha value is -1.95. The van der Waals surface area contributed by atoms with Gasteiger partial charge in [-0.05, 0) is 26.3 Å². The number of piperazine rings is 1. The van der Waals surface area contributed by atoms with Gasteiger partial charge >= 0.3 is 0 Å². The Kier molecular flexibility index (Phi) is 2.92. The molecule has 2 unspecified atom stereocenters. The zero-order valence-electron chi connectivity index (χ0n) is 12.4. The zero-order chi connectivity index (χ0) is 14.4. The summed E-state index contributed by atoms with van der Waals surface area (Å²) in [4.78, 5) is 13.8. The third kappa shape index (κ3) is 2.29. The normalized spacial score (nSPS) is 25.0. The fourth-order valence-corrected chi connectivity index (χ4v) is 3.38. The molecule has 0 aromatic carbocycles. The van der Waals surface area contributed by atoms with Crippen LogP contribution in [-0.2, 0) is 6.54 Å². The van der Waals surface area contributed by atoms with E-state index in [0.717, 1.165) is 42.7 Å². The highest BCUT2D eigenvalue weighted by atomic mass is 16.5. The molecule has 3 aliphatic rings. The Balaban J connectivity index is 1.44.